The lowest BCUT2D eigenvalue weighted by Crippen LogP contribution is -2.06. The Morgan fingerprint density at radius 2 is 2.00 bits per heavy atom. The summed E-state index contributed by atoms with van der Waals surface area (Å²) in [5.41, 5.74) is 8.06. The molecule has 0 saturated carbocycles. The number of anilines is 1. The Morgan fingerprint density at radius 3 is 2.50 bits per heavy atom. The molecule has 2 aromatic heterocycles. The van der Waals surface area contributed by atoms with Crippen LogP contribution in [0.4, 0.5) is 5.82 Å². The predicted octanol–water partition coefficient (Wildman–Crippen LogP) is 2.49. The molecule has 2 aromatic rings. The Bertz CT molecular complexity index is 536. The van der Waals surface area contributed by atoms with Crippen LogP contribution in [0.25, 0.3) is 11.4 Å². The Morgan fingerprint density at radius 1 is 1.28 bits per heavy atom. The van der Waals surface area contributed by atoms with Crippen molar-refractivity contribution in [2.24, 2.45) is 0 Å². The number of imidazole rings is 2. The van der Waals surface area contributed by atoms with Crippen LogP contribution in [0.3, 0.4) is 0 Å². The second-order valence-corrected chi connectivity index (χ2v) is 4.67. The first-order valence-corrected chi connectivity index (χ1v) is 6.46. The quantitative estimate of drug-likeness (QED) is 0.903. The predicted molar refractivity (Wildman–Crippen MR) is 73.3 cm³/mol. The van der Waals surface area contributed by atoms with E-state index in [0.717, 1.165) is 36.1 Å². The maximum atomic E-state index is 6.23. The highest BCUT2D eigenvalue weighted by molar-refractivity contribution is 5.68. The summed E-state index contributed by atoms with van der Waals surface area (Å²) in [6.45, 7) is 10.1. The smallest absolute Gasteiger partial charge is 0.133 e. The highest BCUT2D eigenvalue weighted by Crippen LogP contribution is 2.29. The van der Waals surface area contributed by atoms with Crippen LogP contribution in [0.2, 0.25) is 0 Å². The van der Waals surface area contributed by atoms with E-state index in [1.807, 2.05) is 12.5 Å². The number of hydrogen-bond acceptors (Lipinski definition) is 3. The van der Waals surface area contributed by atoms with E-state index in [9.17, 15) is 0 Å². The van der Waals surface area contributed by atoms with Crippen LogP contribution in [-0.2, 0) is 13.1 Å². The van der Waals surface area contributed by atoms with E-state index in [1.165, 1.54) is 0 Å². The molecule has 0 aliphatic carbocycles. The standard InChI is InChI=1S/C13H21N5/c1-5-17-8-15-7-10(17)11-12(14)18(6-2)13(16-11)9(3)4/h7-9H,5-6,14H2,1-4H3. The van der Waals surface area contributed by atoms with Crippen LogP contribution in [0.15, 0.2) is 12.5 Å². The molecule has 0 radical (unpaired) electrons. The minimum absolute atomic E-state index is 0.360. The van der Waals surface area contributed by atoms with Crippen LogP contribution in [0.5, 0.6) is 0 Å². The number of nitrogens with two attached hydrogens (primary N) is 1. The molecule has 18 heavy (non-hydrogen) atoms. The van der Waals surface area contributed by atoms with Gasteiger partial charge in [0.25, 0.3) is 0 Å². The average molecular weight is 247 g/mol. The van der Waals surface area contributed by atoms with Gasteiger partial charge in [-0.15, -0.1) is 0 Å². The molecule has 0 fully saturated rings. The van der Waals surface area contributed by atoms with Gasteiger partial charge in [-0.3, -0.25) is 0 Å². The lowest BCUT2D eigenvalue weighted by molar-refractivity contribution is 0.658. The molecule has 98 valence electrons. The molecule has 0 aliphatic heterocycles. The molecule has 0 unspecified atom stereocenters. The zero-order valence-electron chi connectivity index (χ0n) is 11.5. The van der Waals surface area contributed by atoms with Crippen molar-refractivity contribution < 1.29 is 0 Å². The number of aromatic nitrogens is 4. The fourth-order valence-corrected chi connectivity index (χ4v) is 2.21. The maximum Gasteiger partial charge on any atom is 0.133 e. The molecule has 5 nitrogen and oxygen atoms in total. The first-order valence-electron chi connectivity index (χ1n) is 6.46. The molecule has 0 aliphatic rings. The van der Waals surface area contributed by atoms with Crippen molar-refractivity contribution in [1.29, 1.82) is 0 Å². The van der Waals surface area contributed by atoms with Crippen molar-refractivity contribution in [1.82, 2.24) is 19.1 Å². The van der Waals surface area contributed by atoms with E-state index in [0.29, 0.717) is 5.92 Å². The second-order valence-electron chi connectivity index (χ2n) is 4.67. The monoisotopic (exact) mass is 247 g/mol. The Balaban J connectivity index is 2.59. The largest absolute Gasteiger partial charge is 0.383 e. The summed E-state index contributed by atoms with van der Waals surface area (Å²) in [5, 5.41) is 0. The third kappa shape index (κ3) is 1.89. The van der Waals surface area contributed by atoms with Gasteiger partial charge < -0.3 is 14.9 Å². The van der Waals surface area contributed by atoms with Gasteiger partial charge in [0.05, 0.1) is 18.2 Å². The summed E-state index contributed by atoms with van der Waals surface area (Å²) in [4.78, 5) is 8.89. The van der Waals surface area contributed by atoms with Gasteiger partial charge in [0, 0.05) is 19.0 Å². The second kappa shape index (κ2) is 4.84. The summed E-state index contributed by atoms with van der Waals surface area (Å²) in [5.74, 6) is 2.13. The van der Waals surface area contributed by atoms with Crippen LogP contribution in [0.1, 0.15) is 39.4 Å². The van der Waals surface area contributed by atoms with E-state index >= 15 is 0 Å². The van der Waals surface area contributed by atoms with Crippen molar-refractivity contribution in [2.75, 3.05) is 5.73 Å². The number of aryl methyl sites for hydroxylation is 1. The zero-order valence-corrected chi connectivity index (χ0v) is 11.5. The molecule has 5 heteroatoms. The highest BCUT2D eigenvalue weighted by atomic mass is 15.2. The average Bonchev–Trinajstić information content (AvgIpc) is 2.92. The molecule has 0 atom stereocenters. The molecular weight excluding hydrogens is 226 g/mol. The van der Waals surface area contributed by atoms with Crippen molar-refractivity contribution >= 4 is 5.82 Å². The molecule has 0 saturated heterocycles. The number of rotatable bonds is 4. The molecule has 2 heterocycles. The Kier molecular flexibility index (Phi) is 3.41. The van der Waals surface area contributed by atoms with Crippen LogP contribution >= 0.6 is 0 Å². The van der Waals surface area contributed by atoms with E-state index in [2.05, 4.69) is 41.8 Å². The summed E-state index contributed by atoms with van der Waals surface area (Å²) in [7, 11) is 0. The van der Waals surface area contributed by atoms with E-state index < -0.39 is 0 Å². The molecule has 0 amide bonds. The Labute approximate surface area is 108 Å². The highest BCUT2D eigenvalue weighted by Gasteiger charge is 2.19. The zero-order chi connectivity index (χ0) is 13.3. The number of nitrogens with zero attached hydrogens (tertiary/aromatic N) is 4. The fraction of sp³-hybridized carbons (Fsp3) is 0.538. The maximum absolute atomic E-state index is 6.23. The molecule has 0 spiro atoms. The van der Waals surface area contributed by atoms with Gasteiger partial charge in [0.15, 0.2) is 0 Å². The van der Waals surface area contributed by atoms with E-state index in [4.69, 9.17) is 10.7 Å². The SMILES string of the molecule is CCn1cncc1-c1nc(C(C)C)n(CC)c1N. The van der Waals surface area contributed by atoms with Gasteiger partial charge in [-0.05, 0) is 13.8 Å². The van der Waals surface area contributed by atoms with Crippen molar-refractivity contribution in [3.8, 4) is 11.4 Å². The third-order valence-corrected chi connectivity index (χ3v) is 3.16. The van der Waals surface area contributed by atoms with Crippen LogP contribution in [-0.4, -0.2) is 19.1 Å². The summed E-state index contributed by atoms with van der Waals surface area (Å²) < 4.78 is 4.13. The summed E-state index contributed by atoms with van der Waals surface area (Å²) >= 11 is 0. The normalized spacial score (nSPS) is 11.4. The van der Waals surface area contributed by atoms with Gasteiger partial charge in [-0.2, -0.15) is 0 Å². The Hall–Kier alpha value is -1.78. The molecule has 0 aromatic carbocycles. The summed E-state index contributed by atoms with van der Waals surface area (Å²) in [6.07, 6.45) is 3.64. The summed E-state index contributed by atoms with van der Waals surface area (Å²) in [6, 6.07) is 0. The minimum Gasteiger partial charge on any atom is -0.383 e. The van der Waals surface area contributed by atoms with Crippen molar-refractivity contribution in [3.05, 3.63) is 18.3 Å². The van der Waals surface area contributed by atoms with Crippen LogP contribution in [0, 0.1) is 0 Å². The van der Waals surface area contributed by atoms with E-state index in [1.54, 1.807) is 0 Å². The van der Waals surface area contributed by atoms with Gasteiger partial charge in [0.2, 0.25) is 0 Å². The van der Waals surface area contributed by atoms with E-state index in [-0.39, 0.29) is 0 Å². The lowest BCUT2D eigenvalue weighted by Gasteiger charge is -2.08. The van der Waals surface area contributed by atoms with Gasteiger partial charge in [-0.25, -0.2) is 9.97 Å². The molecule has 2 N–H and O–H groups in total. The lowest BCUT2D eigenvalue weighted by atomic mass is 10.2. The molecule has 2 rings (SSSR count). The van der Waals surface area contributed by atoms with Gasteiger partial charge >= 0.3 is 0 Å². The first kappa shape index (κ1) is 12.7. The van der Waals surface area contributed by atoms with Crippen LogP contribution < -0.4 is 5.73 Å². The topological polar surface area (TPSA) is 61.7 Å². The van der Waals surface area contributed by atoms with Crippen molar-refractivity contribution in [2.45, 2.75) is 46.7 Å². The third-order valence-electron chi connectivity index (χ3n) is 3.16. The van der Waals surface area contributed by atoms with Gasteiger partial charge in [0.1, 0.15) is 17.3 Å². The molecule has 0 bridgehead atoms. The number of nitrogen functional groups attached to an aromatic ring is 1. The first-order chi connectivity index (χ1) is 8.60. The fourth-order valence-electron chi connectivity index (χ4n) is 2.21. The molecular formula is C13H21N5. The number of hydrogen-bond donors (Lipinski definition) is 1. The minimum atomic E-state index is 0.360. The van der Waals surface area contributed by atoms with Gasteiger partial charge in [-0.1, -0.05) is 13.8 Å². The van der Waals surface area contributed by atoms with Crippen molar-refractivity contribution in [3.63, 3.8) is 0 Å².